The average molecular weight is 515 g/mol. The zero-order valence-corrected chi connectivity index (χ0v) is 19.8. The van der Waals surface area contributed by atoms with Gasteiger partial charge in [-0.25, -0.2) is 4.98 Å². The topological polar surface area (TPSA) is 53.0 Å². The third kappa shape index (κ3) is 6.80. The van der Waals surface area contributed by atoms with Crippen molar-refractivity contribution in [2.24, 2.45) is 4.99 Å². The number of nitrogens with one attached hydrogen (secondary N) is 1. The minimum atomic E-state index is 0. The second-order valence-corrected chi connectivity index (χ2v) is 7.46. The summed E-state index contributed by atoms with van der Waals surface area (Å²) in [4.78, 5) is 13.6. The molecule has 1 N–H and O–H groups in total. The van der Waals surface area contributed by atoms with E-state index in [9.17, 15) is 0 Å². The molecule has 0 radical (unpaired) electrons. The molecule has 1 aliphatic rings. The van der Waals surface area contributed by atoms with Gasteiger partial charge in [-0.1, -0.05) is 18.2 Å². The highest BCUT2D eigenvalue weighted by molar-refractivity contribution is 14.0. The van der Waals surface area contributed by atoms with Crippen molar-refractivity contribution in [3.63, 3.8) is 0 Å². The van der Waals surface area contributed by atoms with Crippen LogP contribution in [0, 0.1) is 0 Å². The summed E-state index contributed by atoms with van der Waals surface area (Å²) in [5.74, 6) is 1.77. The van der Waals surface area contributed by atoms with Crippen LogP contribution in [0.15, 0.2) is 40.7 Å². The molecule has 1 aliphatic heterocycles. The van der Waals surface area contributed by atoms with Crippen molar-refractivity contribution < 1.29 is 4.74 Å². The van der Waals surface area contributed by atoms with E-state index in [2.05, 4.69) is 25.5 Å². The van der Waals surface area contributed by atoms with Crippen LogP contribution in [0.4, 0.5) is 5.13 Å². The van der Waals surface area contributed by atoms with Gasteiger partial charge in [-0.3, -0.25) is 4.99 Å². The quantitative estimate of drug-likeness (QED) is 0.332. The molecule has 8 heteroatoms. The summed E-state index contributed by atoms with van der Waals surface area (Å²) in [6, 6.07) is 9.89. The number of aromatic nitrogens is 1. The van der Waals surface area contributed by atoms with Crippen LogP contribution in [0.1, 0.15) is 18.5 Å². The fourth-order valence-corrected chi connectivity index (χ4v) is 3.99. The molecule has 3 rings (SSSR count). The van der Waals surface area contributed by atoms with E-state index in [1.54, 1.807) is 11.3 Å². The highest BCUT2D eigenvalue weighted by Crippen LogP contribution is 2.24. The summed E-state index contributed by atoms with van der Waals surface area (Å²) in [7, 11) is 3.84. The molecular weight excluding hydrogens is 485 g/mol. The smallest absolute Gasteiger partial charge is 0.193 e. The maximum atomic E-state index is 5.76. The number of aliphatic imine (C=N–C) groups is 1. The fourth-order valence-electron chi connectivity index (χ4n) is 3.07. The lowest BCUT2D eigenvalue weighted by Gasteiger charge is -2.22. The minimum Gasteiger partial charge on any atom is -0.492 e. The number of benzene rings is 1. The Morgan fingerprint density at radius 3 is 2.75 bits per heavy atom. The number of anilines is 1. The van der Waals surface area contributed by atoms with Gasteiger partial charge in [0, 0.05) is 45.5 Å². The normalized spacial score (nSPS) is 13.9. The number of likely N-dealkylation sites (N-methyl/N-ethyl adjacent to an activating group) is 1. The summed E-state index contributed by atoms with van der Waals surface area (Å²) >= 11 is 1.76. The number of ether oxygens (including phenoxy) is 1. The van der Waals surface area contributed by atoms with E-state index in [4.69, 9.17) is 9.72 Å². The number of para-hydroxylation sites is 1. The number of guanidine groups is 1. The monoisotopic (exact) mass is 515 g/mol. The molecule has 1 aromatic heterocycles. The van der Waals surface area contributed by atoms with E-state index in [-0.39, 0.29) is 24.0 Å². The van der Waals surface area contributed by atoms with Crippen LogP contribution in [-0.4, -0.2) is 62.7 Å². The van der Waals surface area contributed by atoms with Crippen molar-refractivity contribution in [1.29, 1.82) is 0 Å². The number of halogens is 1. The molecule has 0 aliphatic carbocycles. The minimum absolute atomic E-state index is 0. The Labute approximate surface area is 189 Å². The summed E-state index contributed by atoms with van der Waals surface area (Å²) < 4.78 is 5.76. The zero-order chi connectivity index (χ0) is 18.9. The van der Waals surface area contributed by atoms with Crippen molar-refractivity contribution in [3.8, 4) is 5.75 Å². The Morgan fingerprint density at radius 2 is 2.04 bits per heavy atom. The molecular formula is C20H30IN5OS. The molecule has 6 nitrogen and oxygen atoms in total. The molecule has 0 atom stereocenters. The Hall–Kier alpha value is -1.55. The Bertz CT molecular complexity index is 718. The van der Waals surface area contributed by atoms with Gasteiger partial charge in [0.2, 0.25) is 0 Å². The first-order valence-electron chi connectivity index (χ1n) is 9.55. The van der Waals surface area contributed by atoms with Crippen LogP contribution in [0.25, 0.3) is 0 Å². The highest BCUT2D eigenvalue weighted by atomic mass is 127. The van der Waals surface area contributed by atoms with E-state index < -0.39 is 0 Å². The first-order chi connectivity index (χ1) is 13.3. The number of hydrogen-bond donors (Lipinski definition) is 1. The molecule has 2 aromatic rings. The van der Waals surface area contributed by atoms with Crippen molar-refractivity contribution >= 4 is 46.4 Å². The van der Waals surface area contributed by atoms with Gasteiger partial charge >= 0.3 is 0 Å². The summed E-state index contributed by atoms with van der Waals surface area (Å²) in [5.41, 5.74) is 1.15. The fraction of sp³-hybridized carbons (Fsp3) is 0.500. The number of thiazole rings is 1. The predicted octanol–water partition coefficient (Wildman–Crippen LogP) is 3.49. The molecule has 1 saturated heterocycles. The van der Waals surface area contributed by atoms with Crippen LogP contribution in [-0.2, 0) is 6.42 Å². The zero-order valence-electron chi connectivity index (χ0n) is 16.6. The van der Waals surface area contributed by atoms with Crippen LogP contribution in [0.5, 0.6) is 5.75 Å². The highest BCUT2D eigenvalue weighted by Gasteiger charge is 2.15. The van der Waals surface area contributed by atoms with Crippen molar-refractivity contribution in [2.75, 3.05) is 51.8 Å². The van der Waals surface area contributed by atoms with Gasteiger partial charge in [-0.05, 0) is 25.0 Å². The Balaban J connectivity index is 0.00000280. The lowest BCUT2D eigenvalue weighted by Crippen LogP contribution is -2.41. The SMILES string of the molecule is CN=C(NCCc1csc(N2CCCC2)n1)N(C)CCOc1ccccc1.I. The van der Waals surface area contributed by atoms with Crippen molar-refractivity contribution in [2.45, 2.75) is 19.3 Å². The standard InChI is InChI=1S/C20H29N5OS.HI/c1-21-19(24(2)14-15-26-18-8-4-3-5-9-18)22-11-10-17-16-27-20(23-17)25-12-6-7-13-25;/h3-5,8-9,16H,6-7,10-15H2,1-2H3,(H,21,22);1H. The van der Waals surface area contributed by atoms with E-state index in [1.165, 1.54) is 18.0 Å². The van der Waals surface area contributed by atoms with Crippen molar-refractivity contribution in [3.05, 3.63) is 41.4 Å². The molecule has 0 bridgehead atoms. The number of rotatable bonds is 8. The average Bonchev–Trinajstić information content (AvgIpc) is 3.37. The third-order valence-corrected chi connectivity index (χ3v) is 5.54. The predicted molar refractivity (Wildman–Crippen MR) is 129 cm³/mol. The van der Waals surface area contributed by atoms with Gasteiger partial charge in [0.15, 0.2) is 11.1 Å². The molecule has 0 spiro atoms. The van der Waals surface area contributed by atoms with E-state index in [1.807, 2.05) is 44.4 Å². The van der Waals surface area contributed by atoms with Crippen molar-refractivity contribution in [1.82, 2.24) is 15.2 Å². The molecule has 0 saturated carbocycles. The van der Waals surface area contributed by atoms with Crippen LogP contribution < -0.4 is 15.0 Å². The number of nitrogens with zero attached hydrogens (tertiary/aromatic N) is 4. The molecule has 1 fully saturated rings. The van der Waals surface area contributed by atoms with Crippen LogP contribution in [0.3, 0.4) is 0 Å². The lowest BCUT2D eigenvalue weighted by atomic mass is 10.3. The van der Waals surface area contributed by atoms with E-state index in [0.29, 0.717) is 6.61 Å². The molecule has 28 heavy (non-hydrogen) atoms. The van der Waals surface area contributed by atoms with Gasteiger partial charge in [-0.2, -0.15) is 0 Å². The van der Waals surface area contributed by atoms with Crippen LogP contribution >= 0.6 is 35.3 Å². The Kier molecular flexibility index (Phi) is 9.83. The Morgan fingerprint density at radius 1 is 1.29 bits per heavy atom. The largest absolute Gasteiger partial charge is 0.492 e. The first-order valence-corrected chi connectivity index (χ1v) is 10.4. The van der Waals surface area contributed by atoms with Gasteiger partial charge in [0.1, 0.15) is 12.4 Å². The van der Waals surface area contributed by atoms with E-state index in [0.717, 1.165) is 50.0 Å². The van der Waals surface area contributed by atoms with Gasteiger partial charge < -0.3 is 19.9 Å². The first kappa shape index (κ1) is 22.7. The van der Waals surface area contributed by atoms with E-state index >= 15 is 0 Å². The molecule has 154 valence electrons. The van der Waals surface area contributed by atoms with Gasteiger partial charge in [-0.15, -0.1) is 35.3 Å². The van der Waals surface area contributed by atoms with Gasteiger partial charge in [0.05, 0.1) is 12.2 Å². The molecule has 2 heterocycles. The second-order valence-electron chi connectivity index (χ2n) is 6.62. The summed E-state index contributed by atoms with van der Waals surface area (Å²) in [6.45, 7) is 4.50. The number of hydrogen-bond acceptors (Lipinski definition) is 5. The summed E-state index contributed by atoms with van der Waals surface area (Å²) in [5, 5.41) is 6.76. The molecule has 1 aromatic carbocycles. The molecule has 0 amide bonds. The maximum Gasteiger partial charge on any atom is 0.193 e. The molecule has 0 unspecified atom stereocenters. The summed E-state index contributed by atoms with van der Waals surface area (Å²) in [6.07, 6.45) is 3.47. The third-order valence-electron chi connectivity index (χ3n) is 4.59. The lowest BCUT2D eigenvalue weighted by molar-refractivity contribution is 0.281. The second kappa shape index (κ2) is 12.1. The van der Waals surface area contributed by atoms with Crippen LogP contribution in [0.2, 0.25) is 0 Å². The maximum absolute atomic E-state index is 5.76. The van der Waals surface area contributed by atoms with Gasteiger partial charge in [0.25, 0.3) is 0 Å².